The SMILES string of the molecule is CC[C@@]12CCCN3C(=O)C[C@]4(c5ccccc5N[C@@H]4CC1=O)[C@H]32. The summed E-state index contributed by atoms with van der Waals surface area (Å²) in [6.07, 6.45) is 3.85. The Bertz CT molecular complexity index is 730. The molecule has 4 nitrogen and oxygen atoms in total. The number of nitrogens with zero attached hydrogens (tertiary/aromatic N) is 1. The molecule has 4 heteroatoms. The van der Waals surface area contributed by atoms with Crippen molar-refractivity contribution in [2.45, 2.75) is 56.5 Å². The number of anilines is 1. The first-order chi connectivity index (χ1) is 11.1. The highest BCUT2D eigenvalue weighted by Gasteiger charge is 2.71. The van der Waals surface area contributed by atoms with Gasteiger partial charge in [0.2, 0.25) is 5.91 Å². The molecule has 1 N–H and O–H groups in total. The fraction of sp³-hybridized carbons (Fsp3) is 0.579. The van der Waals surface area contributed by atoms with Crippen LogP contribution in [0.5, 0.6) is 0 Å². The molecule has 1 spiro atoms. The number of piperidine rings is 1. The standard InChI is InChI=1S/C19H22N2O2/c1-2-18-8-5-9-21-16(23)11-19(17(18)21)12-6-3-4-7-13(12)20-14(19)10-15(18)22/h3-4,6-7,14,17,20H,2,5,8-11H2,1H3/t14-,17-,18-,19-/m1/s1. The Hall–Kier alpha value is -1.84. The summed E-state index contributed by atoms with van der Waals surface area (Å²) < 4.78 is 0. The smallest absolute Gasteiger partial charge is 0.223 e. The Morgan fingerprint density at radius 1 is 1.30 bits per heavy atom. The highest BCUT2D eigenvalue weighted by molar-refractivity contribution is 5.95. The summed E-state index contributed by atoms with van der Waals surface area (Å²) in [6.45, 7) is 2.95. The molecule has 1 aromatic carbocycles. The summed E-state index contributed by atoms with van der Waals surface area (Å²) in [7, 11) is 0. The van der Waals surface area contributed by atoms with E-state index in [1.54, 1.807) is 0 Å². The van der Waals surface area contributed by atoms with Crippen LogP contribution in [0.4, 0.5) is 5.69 Å². The van der Waals surface area contributed by atoms with Crippen LogP contribution in [0.1, 0.15) is 44.6 Å². The van der Waals surface area contributed by atoms with Gasteiger partial charge in [0.1, 0.15) is 5.78 Å². The van der Waals surface area contributed by atoms with E-state index in [4.69, 9.17) is 0 Å². The zero-order chi connectivity index (χ0) is 15.8. The minimum Gasteiger partial charge on any atom is -0.381 e. The molecule has 1 aliphatic carbocycles. The van der Waals surface area contributed by atoms with E-state index in [0.29, 0.717) is 18.6 Å². The van der Waals surface area contributed by atoms with Gasteiger partial charge >= 0.3 is 0 Å². The number of hydrogen-bond donors (Lipinski definition) is 1. The van der Waals surface area contributed by atoms with Gasteiger partial charge in [0.05, 0.1) is 11.5 Å². The van der Waals surface area contributed by atoms with Gasteiger partial charge in [-0.25, -0.2) is 0 Å². The lowest BCUT2D eigenvalue weighted by Gasteiger charge is -2.56. The summed E-state index contributed by atoms with van der Waals surface area (Å²) in [5.41, 5.74) is 1.84. The average Bonchev–Trinajstić information content (AvgIpc) is 3.05. The number of nitrogens with one attached hydrogen (secondary N) is 1. The van der Waals surface area contributed by atoms with Crippen molar-refractivity contribution < 1.29 is 9.59 Å². The second kappa shape index (κ2) is 4.16. The molecule has 3 fully saturated rings. The normalized spacial score (nSPS) is 40.5. The number of amides is 1. The van der Waals surface area contributed by atoms with Crippen LogP contribution in [-0.2, 0) is 15.0 Å². The molecule has 0 unspecified atom stereocenters. The van der Waals surface area contributed by atoms with Gasteiger partial charge in [-0.2, -0.15) is 0 Å². The Morgan fingerprint density at radius 2 is 2.13 bits per heavy atom. The van der Waals surface area contributed by atoms with E-state index in [1.807, 2.05) is 6.07 Å². The molecule has 1 aromatic rings. The Kier molecular flexibility index (Phi) is 2.46. The molecule has 23 heavy (non-hydrogen) atoms. The molecule has 3 heterocycles. The topological polar surface area (TPSA) is 49.4 Å². The van der Waals surface area contributed by atoms with Gasteiger partial charge in [-0.05, 0) is 30.9 Å². The fourth-order valence-corrected chi connectivity index (χ4v) is 6.17. The lowest BCUT2D eigenvalue weighted by atomic mass is 9.52. The maximum atomic E-state index is 13.1. The summed E-state index contributed by atoms with van der Waals surface area (Å²) >= 11 is 0. The van der Waals surface area contributed by atoms with Crippen molar-refractivity contribution >= 4 is 17.4 Å². The van der Waals surface area contributed by atoms with Crippen molar-refractivity contribution in [3.05, 3.63) is 29.8 Å². The molecule has 2 saturated heterocycles. The Labute approximate surface area is 136 Å². The number of hydrogen-bond acceptors (Lipinski definition) is 3. The highest BCUT2D eigenvalue weighted by Crippen LogP contribution is 2.62. The number of ketones is 1. The molecule has 4 atom stereocenters. The van der Waals surface area contributed by atoms with Gasteiger partial charge in [-0.15, -0.1) is 0 Å². The highest BCUT2D eigenvalue weighted by atomic mass is 16.2. The second-order valence-corrected chi connectivity index (χ2v) is 7.69. The summed E-state index contributed by atoms with van der Waals surface area (Å²) in [6, 6.07) is 8.48. The molecule has 0 radical (unpaired) electrons. The van der Waals surface area contributed by atoms with Gasteiger partial charge in [-0.3, -0.25) is 9.59 Å². The average molecular weight is 310 g/mol. The largest absolute Gasteiger partial charge is 0.381 e. The van der Waals surface area contributed by atoms with Crippen LogP contribution < -0.4 is 5.32 Å². The van der Waals surface area contributed by atoms with E-state index < -0.39 is 0 Å². The van der Waals surface area contributed by atoms with E-state index in [-0.39, 0.29) is 28.8 Å². The number of Topliss-reactive ketones (excluding diaryl/α,β-unsaturated/α-hetero) is 1. The first-order valence-electron chi connectivity index (χ1n) is 8.82. The van der Waals surface area contributed by atoms with Gasteiger partial charge in [0.25, 0.3) is 0 Å². The quantitative estimate of drug-likeness (QED) is 0.867. The zero-order valence-corrected chi connectivity index (χ0v) is 13.5. The van der Waals surface area contributed by atoms with Crippen LogP contribution in [0, 0.1) is 5.41 Å². The molecule has 1 amide bonds. The number of rotatable bonds is 1. The summed E-state index contributed by atoms with van der Waals surface area (Å²) in [5.74, 6) is 0.607. The monoisotopic (exact) mass is 310 g/mol. The number of carbonyl (C=O) groups is 2. The van der Waals surface area contributed by atoms with Crippen LogP contribution in [0.15, 0.2) is 24.3 Å². The van der Waals surface area contributed by atoms with Crippen molar-refractivity contribution in [1.29, 1.82) is 0 Å². The van der Waals surface area contributed by atoms with Crippen LogP contribution in [0.2, 0.25) is 0 Å². The van der Waals surface area contributed by atoms with E-state index in [1.165, 1.54) is 5.56 Å². The van der Waals surface area contributed by atoms with Crippen molar-refractivity contribution in [3.63, 3.8) is 0 Å². The third-order valence-corrected chi connectivity index (χ3v) is 7.06. The molecular weight excluding hydrogens is 288 g/mol. The van der Waals surface area contributed by atoms with Crippen LogP contribution in [0.25, 0.3) is 0 Å². The molecule has 0 bridgehead atoms. The van der Waals surface area contributed by atoms with Crippen LogP contribution in [0.3, 0.4) is 0 Å². The van der Waals surface area contributed by atoms with Crippen molar-refractivity contribution in [3.8, 4) is 0 Å². The molecule has 120 valence electrons. The van der Waals surface area contributed by atoms with Crippen LogP contribution in [-0.4, -0.2) is 35.2 Å². The fourth-order valence-electron chi connectivity index (χ4n) is 6.17. The van der Waals surface area contributed by atoms with Gasteiger partial charge < -0.3 is 10.2 Å². The lowest BCUT2D eigenvalue weighted by molar-refractivity contribution is -0.147. The second-order valence-electron chi connectivity index (χ2n) is 7.69. The first-order valence-corrected chi connectivity index (χ1v) is 8.82. The van der Waals surface area contributed by atoms with E-state index in [0.717, 1.165) is 31.5 Å². The van der Waals surface area contributed by atoms with E-state index in [2.05, 4.69) is 35.3 Å². The molecule has 5 rings (SSSR count). The third-order valence-electron chi connectivity index (χ3n) is 7.06. The Morgan fingerprint density at radius 3 is 2.96 bits per heavy atom. The van der Waals surface area contributed by atoms with E-state index >= 15 is 0 Å². The van der Waals surface area contributed by atoms with Gasteiger partial charge in [-0.1, -0.05) is 25.1 Å². The third kappa shape index (κ3) is 1.35. The number of para-hydroxylation sites is 1. The van der Waals surface area contributed by atoms with Crippen LogP contribution >= 0.6 is 0 Å². The molecule has 1 saturated carbocycles. The predicted octanol–water partition coefficient (Wildman–Crippen LogP) is 2.48. The number of benzene rings is 1. The van der Waals surface area contributed by atoms with E-state index in [9.17, 15) is 9.59 Å². The van der Waals surface area contributed by atoms with Crippen molar-refractivity contribution in [2.75, 3.05) is 11.9 Å². The minimum atomic E-state index is -0.333. The van der Waals surface area contributed by atoms with Gasteiger partial charge in [0, 0.05) is 36.5 Å². The number of fused-ring (bicyclic) bond motifs is 1. The number of carbonyl (C=O) groups excluding carboxylic acids is 2. The minimum absolute atomic E-state index is 0.0450. The van der Waals surface area contributed by atoms with Crippen molar-refractivity contribution in [2.24, 2.45) is 5.41 Å². The van der Waals surface area contributed by atoms with Gasteiger partial charge in [0.15, 0.2) is 0 Å². The summed E-state index contributed by atoms with van der Waals surface area (Å²) in [5, 5.41) is 3.58. The Balaban J connectivity index is 1.79. The zero-order valence-electron chi connectivity index (χ0n) is 13.5. The molecular formula is C19H22N2O2. The first kappa shape index (κ1) is 13.6. The maximum Gasteiger partial charge on any atom is 0.223 e. The molecule has 0 aromatic heterocycles. The van der Waals surface area contributed by atoms with Crippen molar-refractivity contribution in [1.82, 2.24) is 4.90 Å². The lowest BCUT2D eigenvalue weighted by Crippen LogP contribution is -2.67. The predicted molar refractivity (Wildman–Crippen MR) is 87.2 cm³/mol. The molecule has 3 aliphatic heterocycles. The maximum absolute atomic E-state index is 13.1. The summed E-state index contributed by atoms with van der Waals surface area (Å²) in [4.78, 5) is 28.0. The molecule has 4 aliphatic rings.